The van der Waals surface area contributed by atoms with Crippen molar-refractivity contribution in [3.63, 3.8) is 0 Å². The van der Waals surface area contributed by atoms with Crippen molar-refractivity contribution in [2.24, 2.45) is 0 Å². The van der Waals surface area contributed by atoms with E-state index in [1.165, 1.54) is 19.1 Å². The maximum absolute atomic E-state index is 14.5. The predicted octanol–water partition coefficient (Wildman–Crippen LogP) is 3.99. The molecule has 0 bridgehead atoms. The van der Waals surface area contributed by atoms with Crippen LogP contribution < -0.4 is 0 Å². The minimum absolute atomic E-state index is 0.174. The molecule has 2 aromatic rings. The van der Waals surface area contributed by atoms with E-state index in [0.717, 1.165) is 11.0 Å². The summed E-state index contributed by atoms with van der Waals surface area (Å²) in [5.74, 6) is -0.919. The molecule has 0 aliphatic heterocycles. The number of allylic oxidation sites excluding steroid dienone is 1. The lowest BCUT2D eigenvalue weighted by Crippen LogP contribution is -2.36. The smallest absolute Gasteiger partial charge is 0.222 e. The van der Waals surface area contributed by atoms with Gasteiger partial charge in [0.1, 0.15) is 6.33 Å². The van der Waals surface area contributed by atoms with Crippen LogP contribution in [0.1, 0.15) is 17.0 Å². The van der Waals surface area contributed by atoms with Gasteiger partial charge in [-0.2, -0.15) is 8.78 Å². The molecule has 11 heteroatoms. The third kappa shape index (κ3) is 3.54. The first-order valence-electron chi connectivity index (χ1n) is 6.69. The Hall–Kier alpha value is -1.58. The molecule has 0 aliphatic rings. The van der Waals surface area contributed by atoms with Crippen LogP contribution in [0.4, 0.5) is 13.2 Å². The summed E-state index contributed by atoms with van der Waals surface area (Å²) in [5, 5.41) is -0.665. The summed E-state index contributed by atoms with van der Waals surface area (Å²) in [6.07, 6.45) is 1.26. The van der Waals surface area contributed by atoms with E-state index < -0.39 is 25.9 Å². The van der Waals surface area contributed by atoms with Crippen LogP contribution in [-0.4, -0.2) is 28.6 Å². The van der Waals surface area contributed by atoms with Gasteiger partial charge >= 0.3 is 5.38 Å². The number of alkyl halides is 4. The van der Waals surface area contributed by atoms with Gasteiger partial charge in [-0.25, -0.2) is 22.5 Å². The van der Waals surface area contributed by atoms with Crippen molar-refractivity contribution in [1.82, 2.24) is 14.8 Å². The van der Waals surface area contributed by atoms with Crippen molar-refractivity contribution in [1.29, 1.82) is 0 Å². The quantitative estimate of drug-likeness (QED) is 0.422. The monoisotopic (exact) mass is 413 g/mol. The standard InChI is InChI=1S/C14H12Cl2F3N3O2S/c1-4-13(17,14(15,18)19)12-20-7-22(21-12)10-6-11(25(16,23)24)9(3)5-8(10)2/h4-7H,1H2,2-3H3. The van der Waals surface area contributed by atoms with Gasteiger partial charge in [-0.3, -0.25) is 0 Å². The van der Waals surface area contributed by atoms with Gasteiger partial charge in [0.05, 0.1) is 10.6 Å². The first-order valence-corrected chi connectivity index (χ1v) is 9.37. The van der Waals surface area contributed by atoms with Crippen LogP contribution in [0.25, 0.3) is 5.69 Å². The van der Waals surface area contributed by atoms with E-state index in [2.05, 4.69) is 16.7 Å². The Balaban J connectivity index is 2.63. The second-order valence-corrected chi connectivity index (χ2v) is 8.28. The zero-order chi connectivity index (χ0) is 19.2. The average Bonchev–Trinajstić information content (AvgIpc) is 2.93. The number of rotatable bonds is 5. The summed E-state index contributed by atoms with van der Waals surface area (Å²) in [6, 6.07) is 2.70. The number of nitrogens with zero attached hydrogens (tertiary/aromatic N) is 3. The van der Waals surface area contributed by atoms with Gasteiger partial charge in [-0.1, -0.05) is 12.6 Å². The molecule has 1 aromatic heterocycles. The zero-order valence-electron chi connectivity index (χ0n) is 13.0. The van der Waals surface area contributed by atoms with Crippen molar-refractivity contribution in [2.75, 3.05) is 0 Å². The summed E-state index contributed by atoms with van der Waals surface area (Å²) in [6.45, 7) is 6.17. The fourth-order valence-corrected chi connectivity index (χ4v) is 3.57. The van der Waals surface area contributed by atoms with E-state index in [1.54, 1.807) is 6.92 Å². The fourth-order valence-electron chi connectivity index (χ4n) is 2.21. The molecular weight excluding hydrogens is 402 g/mol. The highest BCUT2D eigenvalue weighted by molar-refractivity contribution is 8.13. The fraction of sp³-hybridized carbons (Fsp3) is 0.286. The molecule has 1 aromatic carbocycles. The number of hydrogen-bond acceptors (Lipinski definition) is 4. The van der Waals surface area contributed by atoms with Gasteiger partial charge in [0.2, 0.25) is 0 Å². The van der Waals surface area contributed by atoms with Crippen LogP contribution in [0.2, 0.25) is 0 Å². The Morgan fingerprint density at radius 2 is 1.84 bits per heavy atom. The molecule has 0 spiro atoms. The van der Waals surface area contributed by atoms with Crippen molar-refractivity contribution in [3.05, 3.63) is 48.1 Å². The summed E-state index contributed by atoms with van der Waals surface area (Å²) in [5.41, 5.74) is -2.40. The summed E-state index contributed by atoms with van der Waals surface area (Å²) >= 11 is 4.80. The summed E-state index contributed by atoms with van der Waals surface area (Å²) < 4.78 is 65.4. The highest BCUT2D eigenvalue weighted by Crippen LogP contribution is 2.43. The van der Waals surface area contributed by atoms with E-state index >= 15 is 0 Å². The highest BCUT2D eigenvalue weighted by atomic mass is 35.7. The summed E-state index contributed by atoms with van der Waals surface area (Å²) in [7, 11) is 1.32. The van der Waals surface area contributed by atoms with E-state index in [9.17, 15) is 21.6 Å². The lowest BCUT2D eigenvalue weighted by atomic mass is 10.1. The van der Waals surface area contributed by atoms with Crippen LogP contribution >= 0.6 is 22.3 Å². The van der Waals surface area contributed by atoms with Crippen LogP contribution in [-0.2, 0) is 14.7 Å². The molecule has 0 radical (unpaired) electrons. The summed E-state index contributed by atoms with van der Waals surface area (Å²) in [4.78, 5) is 3.33. The van der Waals surface area contributed by atoms with Crippen molar-refractivity contribution in [3.8, 4) is 5.69 Å². The Kier molecular flexibility index (Phi) is 4.97. The second-order valence-electron chi connectivity index (χ2n) is 5.27. The largest absolute Gasteiger partial charge is 0.366 e. The molecule has 1 atom stereocenters. The SMILES string of the molecule is C=CC(F)(c1ncn(-c2cc(S(=O)(=O)Cl)c(C)cc2C)n1)C(F)(F)Cl. The van der Waals surface area contributed by atoms with Crippen LogP contribution in [0.5, 0.6) is 0 Å². The number of aromatic nitrogens is 3. The first-order chi connectivity index (χ1) is 11.3. The molecule has 1 unspecified atom stereocenters. The van der Waals surface area contributed by atoms with Gasteiger partial charge in [0, 0.05) is 10.7 Å². The topological polar surface area (TPSA) is 64.8 Å². The zero-order valence-corrected chi connectivity index (χ0v) is 15.3. The van der Waals surface area contributed by atoms with Crippen molar-refractivity contribution >= 4 is 31.3 Å². The van der Waals surface area contributed by atoms with Crippen LogP contribution in [0.15, 0.2) is 36.0 Å². The van der Waals surface area contributed by atoms with Gasteiger partial charge in [0.25, 0.3) is 14.7 Å². The molecule has 0 saturated carbocycles. The number of aryl methyl sites for hydroxylation is 2. The molecule has 5 nitrogen and oxygen atoms in total. The lowest BCUT2D eigenvalue weighted by Gasteiger charge is -2.22. The molecule has 25 heavy (non-hydrogen) atoms. The van der Waals surface area contributed by atoms with Crippen LogP contribution in [0, 0.1) is 13.8 Å². The van der Waals surface area contributed by atoms with Gasteiger partial charge in [0.15, 0.2) is 5.82 Å². The van der Waals surface area contributed by atoms with Gasteiger partial charge in [-0.05, 0) is 48.7 Å². The lowest BCUT2D eigenvalue weighted by molar-refractivity contribution is -0.0498. The molecule has 0 aliphatic carbocycles. The Morgan fingerprint density at radius 3 is 2.32 bits per heavy atom. The van der Waals surface area contributed by atoms with Crippen LogP contribution in [0.3, 0.4) is 0 Å². The maximum Gasteiger partial charge on any atom is 0.366 e. The molecule has 0 fully saturated rings. The minimum atomic E-state index is -4.33. The van der Waals surface area contributed by atoms with E-state index in [0.29, 0.717) is 17.2 Å². The first kappa shape index (κ1) is 19.7. The number of benzene rings is 1. The maximum atomic E-state index is 14.5. The molecule has 2 rings (SSSR count). The average molecular weight is 414 g/mol. The molecular formula is C14H12Cl2F3N3O2S. The number of halogens is 5. The number of hydrogen-bond donors (Lipinski definition) is 0. The molecule has 136 valence electrons. The van der Waals surface area contributed by atoms with Crippen molar-refractivity contribution in [2.45, 2.75) is 29.8 Å². The highest BCUT2D eigenvalue weighted by Gasteiger charge is 2.56. The Bertz CT molecular complexity index is 941. The third-order valence-electron chi connectivity index (χ3n) is 3.51. The Morgan fingerprint density at radius 1 is 1.24 bits per heavy atom. The normalized spacial score (nSPS) is 15.0. The second kappa shape index (κ2) is 6.30. The molecule has 0 saturated heterocycles. The van der Waals surface area contributed by atoms with Crippen molar-refractivity contribution < 1.29 is 21.6 Å². The Labute approximate surface area is 151 Å². The van der Waals surface area contributed by atoms with E-state index in [-0.39, 0.29) is 10.6 Å². The van der Waals surface area contributed by atoms with Gasteiger partial charge in [-0.15, -0.1) is 5.10 Å². The molecule has 0 amide bonds. The minimum Gasteiger partial charge on any atom is -0.222 e. The molecule has 0 N–H and O–H groups in total. The van der Waals surface area contributed by atoms with E-state index in [1.807, 2.05) is 0 Å². The molecule has 1 heterocycles. The van der Waals surface area contributed by atoms with Gasteiger partial charge < -0.3 is 0 Å². The van der Waals surface area contributed by atoms with E-state index in [4.69, 9.17) is 22.3 Å². The predicted molar refractivity (Wildman–Crippen MR) is 87.7 cm³/mol. The third-order valence-corrected chi connectivity index (χ3v) is 5.25.